The van der Waals surface area contributed by atoms with E-state index in [2.05, 4.69) is 5.32 Å². The van der Waals surface area contributed by atoms with Crippen molar-refractivity contribution in [1.29, 1.82) is 0 Å². The fourth-order valence-corrected chi connectivity index (χ4v) is 5.57. The molecule has 40 heavy (non-hydrogen) atoms. The van der Waals surface area contributed by atoms with Crippen molar-refractivity contribution >= 4 is 27.5 Å². The number of sulfonamides is 1. The van der Waals surface area contributed by atoms with Crippen LogP contribution in [0, 0.1) is 13.8 Å². The van der Waals surface area contributed by atoms with E-state index in [0.717, 1.165) is 21.0 Å². The highest BCUT2D eigenvalue weighted by Crippen LogP contribution is 2.32. The van der Waals surface area contributed by atoms with Gasteiger partial charge in [-0.1, -0.05) is 47.5 Å². The molecule has 0 saturated carbocycles. The zero-order chi connectivity index (χ0) is 29.4. The summed E-state index contributed by atoms with van der Waals surface area (Å²) in [6.07, 6.45) is 0. The van der Waals surface area contributed by atoms with Crippen LogP contribution >= 0.6 is 0 Å². The van der Waals surface area contributed by atoms with Crippen LogP contribution in [0.4, 0.5) is 5.69 Å². The predicted octanol–water partition coefficient (Wildman–Crippen LogP) is 4.07. The third kappa shape index (κ3) is 7.12. The molecule has 9 nitrogen and oxygen atoms in total. The highest BCUT2D eigenvalue weighted by Gasteiger charge is 2.33. The molecule has 1 atom stereocenters. The number of hydrogen-bond acceptors (Lipinski definition) is 6. The zero-order valence-electron chi connectivity index (χ0n) is 23.8. The summed E-state index contributed by atoms with van der Waals surface area (Å²) in [4.78, 5) is 28.1. The maximum Gasteiger partial charge on any atom is 0.264 e. The van der Waals surface area contributed by atoms with Gasteiger partial charge in [-0.25, -0.2) is 8.42 Å². The number of hydrogen-bond donors (Lipinski definition) is 1. The van der Waals surface area contributed by atoms with Gasteiger partial charge in [0.25, 0.3) is 10.0 Å². The number of ether oxygens (including phenoxy) is 2. The number of nitrogens with zero attached hydrogens (tertiary/aromatic N) is 2. The van der Waals surface area contributed by atoms with Crippen molar-refractivity contribution in [3.8, 4) is 11.5 Å². The van der Waals surface area contributed by atoms with E-state index in [9.17, 15) is 18.0 Å². The second-order valence-electron chi connectivity index (χ2n) is 9.44. The number of anilines is 1. The quantitative estimate of drug-likeness (QED) is 0.354. The second-order valence-corrected chi connectivity index (χ2v) is 11.3. The summed E-state index contributed by atoms with van der Waals surface area (Å²) in [5.41, 5.74) is 3.13. The van der Waals surface area contributed by atoms with Crippen LogP contribution in [0.3, 0.4) is 0 Å². The summed E-state index contributed by atoms with van der Waals surface area (Å²) in [5, 5.41) is 2.76. The Hall–Kier alpha value is -4.05. The molecule has 214 valence electrons. The van der Waals surface area contributed by atoms with Gasteiger partial charge in [0, 0.05) is 19.2 Å². The molecule has 0 aromatic heterocycles. The number of rotatable bonds is 12. The average Bonchev–Trinajstić information content (AvgIpc) is 2.95. The normalized spacial score (nSPS) is 11.8. The molecule has 0 aliphatic rings. The first-order chi connectivity index (χ1) is 19.0. The van der Waals surface area contributed by atoms with Gasteiger partial charge in [-0.3, -0.25) is 13.9 Å². The molecular weight excluding hydrogens is 530 g/mol. The van der Waals surface area contributed by atoms with E-state index in [4.69, 9.17) is 9.47 Å². The minimum absolute atomic E-state index is 0.0691. The van der Waals surface area contributed by atoms with E-state index in [1.54, 1.807) is 38.1 Å². The Morgan fingerprint density at radius 1 is 0.875 bits per heavy atom. The lowest BCUT2D eigenvalue weighted by Crippen LogP contribution is -2.51. The van der Waals surface area contributed by atoms with Crippen molar-refractivity contribution in [3.05, 3.63) is 83.4 Å². The molecule has 0 fully saturated rings. The van der Waals surface area contributed by atoms with Crippen LogP contribution < -0.4 is 19.1 Å². The van der Waals surface area contributed by atoms with Crippen LogP contribution in [0.15, 0.2) is 71.6 Å². The molecule has 10 heteroatoms. The van der Waals surface area contributed by atoms with Crippen molar-refractivity contribution in [2.24, 2.45) is 0 Å². The predicted molar refractivity (Wildman–Crippen MR) is 155 cm³/mol. The van der Waals surface area contributed by atoms with Gasteiger partial charge in [0.15, 0.2) is 11.5 Å². The molecule has 0 aliphatic heterocycles. The Morgan fingerprint density at radius 3 is 2.00 bits per heavy atom. The number of benzene rings is 3. The molecular formula is C30H37N3O6S. The molecule has 0 bridgehead atoms. The van der Waals surface area contributed by atoms with Crippen LogP contribution in [0.1, 0.15) is 30.5 Å². The van der Waals surface area contributed by atoms with Gasteiger partial charge < -0.3 is 19.7 Å². The minimum Gasteiger partial charge on any atom is -0.493 e. The average molecular weight is 568 g/mol. The van der Waals surface area contributed by atoms with E-state index < -0.39 is 28.5 Å². The first kappa shape index (κ1) is 30.5. The van der Waals surface area contributed by atoms with E-state index in [0.29, 0.717) is 18.0 Å². The van der Waals surface area contributed by atoms with Crippen LogP contribution in [0.2, 0.25) is 0 Å². The van der Waals surface area contributed by atoms with E-state index in [-0.39, 0.29) is 23.1 Å². The lowest BCUT2D eigenvalue weighted by atomic mass is 10.1. The van der Waals surface area contributed by atoms with E-state index >= 15 is 0 Å². The smallest absolute Gasteiger partial charge is 0.264 e. The third-order valence-electron chi connectivity index (χ3n) is 6.54. The Labute approximate surface area is 236 Å². The Kier molecular flexibility index (Phi) is 10.2. The third-order valence-corrected chi connectivity index (χ3v) is 8.31. The SMILES string of the molecule is CCNC(=O)[C@@H](C)N(Cc1ccc(C)cc1)C(=O)CN(c1ccc(C)cc1)S(=O)(=O)c1ccc(OC)c(OC)c1. The summed E-state index contributed by atoms with van der Waals surface area (Å²) < 4.78 is 39.7. The number of amides is 2. The zero-order valence-corrected chi connectivity index (χ0v) is 24.6. The molecule has 0 radical (unpaired) electrons. The first-order valence-electron chi connectivity index (χ1n) is 13.0. The highest BCUT2D eigenvalue weighted by atomic mass is 32.2. The van der Waals surface area contributed by atoms with Gasteiger partial charge in [-0.05, 0) is 57.5 Å². The molecule has 2 amide bonds. The maximum atomic E-state index is 14.0. The summed E-state index contributed by atoms with van der Waals surface area (Å²) >= 11 is 0. The van der Waals surface area contributed by atoms with Gasteiger partial charge in [-0.2, -0.15) is 0 Å². The van der Waals surface area contributed by atoms with Crippen LogP contribution in [-0.2, 0) is 26.2 Å². The summed E-state index contributed by atoms with van der Waals surface area (Å²) in [5.74, 6) is -0.236. The Bertz CT molecular complexity index is 1420. The summed E-state index contributed by atoms with van der Waals surface area (Å²) in [7, 11) is -1.36. The van der Waals surface area contributed by atoms with Gasteiger partial charge >= 0.3 is 0 Å². The van der Waals surface area contributed by atoms with Crippen molar-refractivity contribution in [1.82, 2.24) is 10.2 Å². The fourth-order valence-electron chi connectivity index (χ4n) is 4.14. The number of methoxy groups -OCH3 is 2. The standard InChI is InChI=1S/C30H37N3O6S/c1-7-31-30(35)23(4)32(19-24-12-8-21(2)9-13-24)29(34)20-33(25-14-10-22(3)11-15-25)40(36,37)26-16-17-27(38-5)28(18-26)39-6/h8-18,23H,7,19-20H2,1-6H3,(H,31,35)/t23-/m1/s1. The molecule has 1 N–H and O–H groups in total. The van der Waals surface area contributed by atoms with E-state index in [1.807, 2.05) is 38.1 Å². The number of carbonyl (C=O) groups excluding carboxylic acids is 2. The Balaban J connectivity index is 2.06. The molecule has 3 rings (SSSR count). The molecule has 0 saturated heterocycles. The summed E-state index contributed by atoms with van der Waals surface area (Å²) in [6, 6.07) is 17.9. The fraction of sp³-hybridized carbons (Fsp3) is 0.333. The van der Waals surface area contributed by atoms with Crippen LogP contribution in [-0.4, -0.2) is 58.5 Å². The molecule has 0 aliphatic carbocycles. The van der Waals surface area contributed by atoms with Gasteiger partial charge in [-0.15, -0.1) is 0 Å². The van der Waals surface area contributed by atoms with E-state index in [1.165, 1.54) is 37.3 Å². The first-order valence-corrected chi connectivity index (χ1v) is 14.4. The molecule has 0 spiro atoms. The highest BCUT2D eigenvalue weighted by molar-refractivity contribution is 7.92. The van der Waals surface area contributed by atoms with Crippen molar-refractivity contribution in [2.45, 2.75) is 45.2 Å². The molecule has 0 heterocycles. The number of aryl methyl sites for hydroxylation is 2. The second kappa shape index (κ2) is 13.3. The van der Waals surface area contributed by atoms with Gasteiger partial charge in [0.2, 0.25) is 11.8 Å². The monoisotopic (exact) mass is 567 g/mol. The topological polar surface area (TPSA) is 105 Å². The van der Waals surface area contributed by atoms with Crippen LogP contribution in [0.25, 0.3) is 0 Å². The van der Waals surface area contributed by atoms with Gasteiger partial charge in [0.1, 0.15) is 12.6 Å². The maximum absolute atomic E-state index is 14.0. The minimum atomic E-state index is -4.24. The number of carbonyl (C=O) groups is 2. The molecule has 3 aromatic carbocycles. The number of likely N-dealkylation sites (N-methyl/N-ethyl adjacent to an activating group) is 1. The van der Waals surface area contributed by atoms with Gasteiger partial charge in [0.05, 0.1) is 24.8 Å². The van der Waals surface area contributed by atoms with Crippen molar-refractivity contribution in [3.63, 3.8) is 0 Å². The Morgan fingerprint density at radius 2 is 1.45 bits per heavy atom. The molecule has 0 unspecified atom stereocenters. The van der Waals surface area contributed by atoms with Crippen molar-refractivity contribution < 1.29 is 27.5 Å². The molecule has 3 aromatic rings. The number of nitrogens with one attached hydrogen (secondary N) is 1. The largest absolute Gasteiger partial charge is 0.493 e. The van der Waals surface area contributed by atoms with Crippen molar-refractivity contribution in [2.75, 3.05) is 31.6 Å². The van der Waals surface area contributed by atoms with Crippen LogP contribution in [0.5, 0.6) is 11.5 Å². The lowest BCUT2D eigenvalue weighted by molar-refractivity contribution is -0.139. The summed E-state index contributed by atoms with van der Waals surface area (Å²) in [6.45, 7) is 7.30. The lowest BCUT2D eigenvalue weighted by Gasteiger charge is -2.32.